The lowest BCUT2D eigenvalue weighted by Crippen LogP contribution is -2.14. The number of anilines is 1. The maximum absolute atomic E-state index is 12.5. The molecule has 0 aliphatic heterocycles. The van der Waals surface area contributed by atoms with Gasteiger partial charge in [0.25, 0.3) is 0 Å². The maximum Gasteiger partial charge on any atom is 0.224 e. The predicted octanol–water partition coefficient (Wildman–Crippen LogP) is 5.15. The zero-order valence-corrected chi connectivity index (χ0v) is 17.9. The van der Waals surface area contributed by atoms with Crippen molar-refractivity contribution in [3.63, 3.8) is 0 Å². The minimum absolute atomic E-state index is 0.0763. The van der Waals surface area contributed by atoms with Crippen LogP contribution in [0.1, 0.15) is 44.9 Å². The molecule has 5 rings (SSSR count). The molecule has 32 heavy (non-hydrogen) atoms. The van der Waals surface area contributed by atoms with E-state index in [-0.39, 0.29) is 5.91 Å². The maximum atomic E-state index is 12.5. The van der Waals surface area contributed by atoms with E-state index in [2.05, 4.69) is 20.5 Å². The average molecular weight is 427 g/mol. The van der Waals surface area contributed by atoms with Gasteiger partial charge in [-0.15, -0.1) is 10.2 Å². The Labute approximate surface area is 186 Å². The number of aromatic nitrogens is 5. The standard InChI is InChI=1S/C25H26N6O/c32-24(15-12-18-7-2-1-3-8-18)27-20-10-6-9-19(17-20)21-13-14-23-28-29-25(31(23)30-21)22-11-4-5-16-26-22/h4-6,9-11,13-14,16-18H,1-3,7-8,12,15H2,(H,27,32). The quantitative estimate of drug-likeness (QED) is 0.461. The zero-order valence-electron chi connectivity index (χ0n) is 17.9. The summed E-state index contributed by atoms with van der Waals surface area (Å²) >= 11 is 0. The van der Waals surface area contributed by atoms with Crippen LogP contribution in [0.25, 0.3) is 28.4 Å². The third kappa shape index (κ3) is 4.51. The fourth-order valence-electron chi connectivity index (χ4n) is 4.39. The first-order valence-electron chi connectivity index (χ1n) is 11.3. The molecule has 1 aliphatic carbocycles. The molecule has 0 radical (unpaired) electrons. The SMILES string of the molecule is O=C(CCC1CCCCC1)Nc1cccc(-c2ccc3nnc(-c4ccccn4)n3n2)c1. The second kappa shape index (κ2) is 9.26. The molecule has 162 valence electrons. The molecule has 3 heterocycles. The Balaban J connectivity index is 1.33. The van der Waals surface area contributed by atoms with Crippen molar-refractivity contribution in [2.75, 3.05) is 5.32 Å². The Kier molecular flexibility index (Phi) is 5.87. The Morgan fingerprint density at radius 1 is 0.969 bits per heavy atom. The summed E-state index contributed by atoms with van der Waals surface area (Å²) in [6.45, 7) is 0. The number of hydrogen-bond acceptors (Lipinski definition) is 5. The van der Waals surface area contributed by atoms with Crippen molar-refractivity contribution in [3.8, 4) is 22.8 Å². The van der Waals surface area contributed by atoms with Crippen LogP contribution in [0.3, 0.4) is 0 Å². The normalized spacial score (nSPS) is 14.5. The zero-order chi connectivity index (χ0) is 21.8. The van der Waals surface area contributed by atoms with Crippen LogP contribution < -0.4 is 5.32 Å². The predicted molar refractivity (Wildman–Crippen MR) is 124 cm³/mol. The largest absolute Gasteiger partial charge is 0.326 e. The smallest absolute Gasteiger partial charge is 0.224 e. The van der Waals surface area contributed by atoms with Crippen molar-refractivity contribution in [2.45, 2.75) is 44.9 Å². The molecule has 7 nitrogen and oxygen atoms in total. The van der Waals surface area contributed by atoms with Crippen molar-refractivity contribution < 1.29 is 4.79 Å². The van der Waals surface area contributed by atoms with Crippen molar-refractivity contribution in [2.24, 2.45) is 5.92 Å². The minimum Gasteiger partial charge on any atom is -0.326 e. The van der Waals surface area contributed by atoms with Crippen LogP contribution in [-0.4, -0.2) is 30.7 Å². The monoisotopic (exact) mass is 426 g/mol. The summed E-state index contributed by atoms with van der Waals surface area (Å²) in [7, 11) is 0. The number of fused-ring (bicyclic) bond motifs is 1. The number of amides is 1. The van der Waals surface area contributed by atoms with Gasteiger partial charge in [-0.2, -0.15) is 9.61 Å². The number of nitrogens with zero attached hydrogens (tertiary/aromatic N) is 5. The van der Waals surface area contributed by atoms with E-state index in [0.717, 1.165) is 23.4 Å². The molecule has 0 saturated heterocycles. The summed E-state index contributed by atoms with van der Waals surface area (Å²) in [6, 6.07) is 17.2. The van der Waals surface area contributed by atoms with Crippen LogP contribution in [-0.2, 0) is 4.79 Å². The van der Waals surface area contributed by atoms with Crippen molar-refractivity contribution in [1.82, 2.24) is 24.8 Å². The van der Waals surface area contributed by atoms with Crippen molar-refractivity contribution in [3.05, 3.63) is 60.8 Å². The van der Waals surface area contributed by atoms with Gasteiger partial charge >= 0.3 is 0 Å². The number of nitrogens with one attached hydrogen (secondary N) is 1. The highest BCUT2D eigenvalue weighted by Crippen LogP contribution is 2.28. The Bertz CT molecular complexity index is 1210. The highest BCUT2D eigenvalue weighted by atomic mass is 16.1. The summed E-state index contributed by atoms with van der Waals surface area (Å²) in [5.74, 6) is 1.37. The van der Waals surface area contributed by atoms with Gasteiger partial charge < -0.3 is 5.32 Å². The third-order valence-electron chi connectivity index (χ3n) is 6.10. The first-order chi connectivity index (χ1) is 15.8. The number of pyridine rings is 1. The first kappa shape index (κ1) is 20.3. The second-order valence-electron chi connectivity index (χ2n) is 8.40. The van der Waals surface area contributed by atoms with E-state index in [1.807, 2.05) is 54.6 Å². The highest BCUT2D eigenvalue weighted by molar-refractivity contribution is 5.91. The molecule has 7 heteroatoms. The summed E-state index contributed by atoms with van der Waals surface area (Å²) in [5.41, 5.74) is 3.84. The minimum atomic E-state index is 0.0763. The molecule has 0 spiro atoms. The Morgan fingerprint density at radius 2 is 1.88 bits per heavy atom. The van der Waals surface area contributed by atoms with Gasteiger partial charge in [0.15, 0.2) is 5.65 Å². The van der Waals surface area contributed by atoms with Gasteiger partial charge in [-0.1, -0.05) is 50.3 Å². The molecule has 1 aromatic carbocycles. The van der Waals surface area contributed by atoms with Crippen LogP contribution in [0.4, 0.5) is 5.69 Å². The molecular weight excluding hydrogens is 400 g/mol. The number of carbonyl (C=O) groups is 1. The lowest BCUT2D eigenvalue weighted by atomic mass is 9.86. The molecule has 0 bridgehead atoms. The summed E-state index contributed by atoms with van der Waals surface area (Å²) in [5, 5.41) is 16.2. The van der Waals surface area contributed by atoms with Crippen LogP contribution >= 0.6 is 0 Å². The van der Waals surface area contributed by atoms with E-state index >= 15 is 0 Å². The fourth-order valence-corrected chi connectivity index (χ4v) is 4.39. The van der Waals surface area contributed by atoms with Gasteiger partial charge in [0.05, 0.1) is 5.69 Å². The van der Waals surface area contributed by atoms with Gasteiger partial charge in [0.1, 0.15) is 5.69 Å². The summed E-state index contributed by atoms with van der Waals surface area (Å²) < 4.78 is 1.70. The summed E-state index contributed by atoms with van der Waals surface area (Å²) in [4.78, 5) is 16.9. The van der Waals surface area contributed by atoms with Crippen LogP contribution in [0.5, 0.6) is 0 Å². The molecule has 1 aliphatic rings. The second-order valence-corrected chi connectivity index (χ2v) is 8.40. The molecule has 0 atom stereocenters. The van der Waals surface area contributed by atoms with E-state index in [1.54, 1.807) is 10.7 Å². The van der Waals surface area contributed by atoms with Crippen molar-refractivity contribution in [1.29, 1.82) is 0 Å². The van der Waals surface area contributed by atoms with E-state index in [1.165, 1.54) is 32.1 Å². The Morgan fingerprint density at radius 3 is 2.72 bits per heavy atom. The number of carbonyl (C=O) groups excluding carboxylic acids is 1. The fraction of sp³-hybridized carbons (Fsp3) is 0.320. The topological polar surface area (TPSA) is 85.1 Å². The lowest BCUT2D eigenvalue weighted by molar-refractivity contribution is -0.116. The van der Waals surface area contributed by atoms with Crippen LogP contribution in [0.2, 0.25) is 0 Å². The third-order valence-corrected chi connectivity index (χ3v) is 6.10. The highest BCUT2D eigenvalue weighted by Gasteiger charge is 2.15. The van der Waals surface area contributed by atoms with E-state index < -0.39 is 0 Å². The number of hydrogen-bond donors (Lipinski definition) is 1. The molecule has 3 aromatic heterocycles. The molecule has 1 amide bonds. The lowest BCUT2D eigenvalue weighted by Gasteiger charge is -2.21. The van der Waals surface area contributed by atoms with Crippen molar-refractivity contribution >= 4 is 17.2 Å². The van der Waals surface area contributed by atoms with E-state index in [4.69, 9.17) is 5.10 Å². The molecule has 0 unspecified atom stereocenters. The summed E-state index contributed by atoms with van der Waals surface area (Å²) in [6.07, 6.45) is 9.76. The molecule has 4 aromatic rings. The first-order valence-corrected chi connectivity index (χ1v) is 11.3. The number of rotatable bonds is 6. The van der Waals surface area contributed by atoms with E-state index in [0.29, 0.717) is 29.5 Å². The van der Waals surface area contributed by atoms with Gasteiger partial charge in [-0.05, 0) is 48.7 Å². The average Bonchev–Trinajstić information content (AvgIpc) is 3.27. The van der Waals surface area contributed by atoms with Gasteiger partial charge in [0.2, 0.25) is 11.7 Å². The van der Waals surface area contributed by atoms with Gasteiger partial charge in [-0.25, -0.2) is 0 Å². The molecule has 1 N–H and O–H groups in total. The van der Waals surface area contributed by atoms with Crippen LogP contribution in [0.15, 0.2) is 60.8 Å². The van der Waals surface area contributed by atoms with Gasteiger partial charge in [0, 0.05) is 23.9 Å². The molecule has 1 saturated carbocycles. The Hall–Kier alpha value is -3.61. The van der Waals surface area contributed by atoms with Crippen LogP contribution in [0, 0.1) is 5.92 Å². The molecule has 1 fully saturated rings. The van der Waals surface area contributed by atoms with Gasteiger partial charge in [-0.3, -0.25) is 9.78 Å². The van der Waals surface area contributed by atoms with E-state index in [9.17, 15) is 4.79 Å². The number of benzene rings is 1. The molecular formula is C25H26N6O.